The van der Waals surface area contributed by atoms with E-state index in [1.54, 1.807) is 12.1 Å². The van der Waals surface area contributed by atoms with Crippen LogP contribution in [-0.2, 0) is 4.79 Å². The minimum absolute atomic E-state index is 0. The van der Waals surface area contributed by atoms with E-state index in [9.17, 15) is 4.79 Å². The number of nitrogens with one attached hydrogen (secondary N) is 1. The highest BCUT2D eigenvalue weighted by atomic mass is 35.5. The number of benzene rings is 1. The van der Waals surface area contributed by atoms with Crippen molar-refractivity contribution in [2.45, 2.75) is 44.2 Å². The first-order chi connectivity index (χ1) is 8.92. The van der Waals surface area contributed by atoms with Crippen LogP contribution in [-0.4, -0.2) is 11.4 Å². The number of carbonyl (C=O) groups is 1. The van der Waals surface area contributed by atoms with Gasteiger partial charge in [-0.15, -0.1) is 12.4 Å². The number of nitrogens with two attached hydrogens (primary N) is 1. The summed E-state index contributed by atoms with van der Waals surface area (Å²) in [6.07, 6.45) is 3.55. The van der Waals surface area contributed by atoms with Gasteiger partial charge in [-0.2, -0.15) is 0 Å². The van der Waals surface area contributed by atoms with E-state index in [4.69, 9.17) is 28.9 Å². The van der Waals surface area contributed by atoms with Gasteiger partial charge < -0.3 is 11.1 Å². The number of halogens is 3. The lowest BCUT2D eigenvalue weighted by Gasteiger charge is -2.25. The molecule has 0 bridgehead atoms. The largest absolute Gasteiger partial charge is 0.348 e. The number of amides is 1. The molecule has 112 valence electrons. The Bertz CT molecular complexity index is 487. The summed E-state index contributed by atoms with van der Waals surface area (Å²) in [5, 5.41) is 3.96. The molecule has 1 aromatic carbocycles. The Labute approximate surface area is 135 Å². The van der Waals surface area contributed by atoms with E-state index in [1.165, 1.54) is 0 Å². The Hall–Kier alpha value is -0.480. The molecule has 1 aliphatic rings. The summed E-state index contributed by atoms with van der Waals surface area (Å²) in [6, 6.07) is 5.22. The van der Waals surface area contributed by atoms with Crippen molar-refractivity contribution in [2.24, 2.45) is 5.73 Å². The lowest BCUT2D eigenvalue weighted by atomic mass is 9.97. The van der Waals surface area contributed by atoms with E-state index >= 15 is 0 Å². The molecule has 3 N–H and O–H groups in total. The van der Waals surface area contributed by atoms with Gasteiger partial charge >= 0.3 is 0 Å². The topological polar surface area (TPSA) is 55.1 Å². The van der Waals surface area contributed by atoms with Crippen molar-refractivity contribution in [2.75, 3.05) is 0 Å². The van der Waals surface area contributed by atoms with Gasteiger partial charge in [0.05, 0.1) is 21.6 Å². The molecule has 0 aromatic heterocycles. The maximum atomic E-state index is 12.2. The smallest absolute Gasteiger partial charge is 0.240 e. The molecule has 3 nitrogen and oxygen atoms in total. The van der Waals surface area contributed by atoms with Crippen LogP contribution < -0.4 is 11.1 Å². The minimum Gasteiger partial charge on any atom is -0.348 e. The summed E-state index contributed by atoms with van der Waals surface area (Å²) >= 11 is 11.9. The highest BCUT2D eigenvalue weighted by Crippen LogP contribution is 2.29. The SMILES string of the molecule is CC(NC(=O)C1(N)CCCC1)c1ccc(Cl)c(Cl)c1.Cl. The molecule has 1 unspecified atom stereocenters. The predicted molar refractivity (Wildman–Crippen MR) is 85.7 cm³/mol. The lowest BCUT2D eigenvalue weighted by molar-refractivity contribution is -0.126. The van der Waals surface area contributed by atoms with E-state index in [0.29, 0.717) is 10.0 Å². The van der Waals surface area contributed by atoms with Crippen LogP contribution in [0.2, 0.25) is 10.0 Å². The van der Waals surface area contributed by atoms with Crippen LogP contribution in [0.5, 0.6) is 0 Å². The van der Waals surface area contributed by atoms with Crippen molar-refractivity contribution in [3.8, 4) is 0 Å². The Balaban J connectivity index is 0.00000200. The van der Waals surface area contributed by atoms with Crippen LogP contribution in [0, 0.1) is 0 Å². The fourth-order valence-electron chi connectivity index (χ4n) is 2.44. The molecule has 1 aliphatic carbocycles. The highest BCUT2D eigenvalue weighted by Gasteiger charge is 2.37. The predicted octanol–water partition coefficient (Wildman–Crippen LogP) is 3.86. The fraction of sp³-hybridized carbons (Fsp3) is 0.500. The van der Waals surface area contributed by atoms with E-state index in [1.807, 2.05) is 13.0 Å². The summed E-state index contributed by atoms with van der Waals surface area (Å²) in [5.41, 5.74) is 6.34. The van der Waals surface area contributed by atoms with Gasteiger partial charge in [-0.3, -0.25) is 4.79 Å². The maximum Gasteiger partial charge on any atom is 0.240 e. The average Bonchev–Trinajstić information content (AvgIpc) is 2.81. The molecule has 20 heavy (non-hydrogen) atoms. The zero-order valence-corrected chi connectivity index (χ0v) is 13.6. The Morgan fingerprint density at radius 2 is 1.90 bits per heavy atom. The van der Waals surface area contributed by atoms with Gasteiger partial charge in [-0.25, -0.2) is 0 Å². The molecule has 0 heterocycles. The van der Waals surface area contributed by atoms with Gasteiger partial charge in [0.25, 0.3) is 0 Å². The normalized spacial score (nSPS) is 18.2. The molecule has 0 spiro atoms. The van der Waals surface area contributed by atoms with Gasteiger partial charge in [-0.05, 0) is 37.5 Å². The Morgan fingerprint density at radius 1 is 1.30 bits per heavy atom. The van der Waals surface area contributed by atoms with Crippen LogP contribution in [0.3, 0.4) is 0 Å². The van der Waals surface area contributed by atoms with E-state index < -0.39 is 5.54 Å². The fourth-order valence-corrected chi connectivity index (χ4v) is 2.74. The summed E-state index contributed by atoms with van der Waals surface area (Å²) < 4.78 is 0. The zero-order chi connectivity index (χ0) is 14.0. The summed E-state index contributed by atoms with van der Waals surface area (Å²) in [5.74, 6) is -0.0800. The summed E-state index contributed by atoms with van der Waals surface area (Å²) in [7, 11) is 0. The van der Waals surface area contributed by atoms with Gasteiger partial charge in [0.15, 0.2) is 0 Å². The maximum absolute atomic E-state index is 12.2. The molecule has 1 fully saturated rings. The van der Waals surface area contributed by atoms with Crippen LogP contribution in [0.4, 0.5) is 0 Å². The second kappa shape index (κ2) is 6.99. The van der Waals surface area contributed by atoms with Crippen LogP contribution in [0.25, 0.3) is 0 Å². The first kappa shape index (κ1) is 17.6. The number of hydrogen-bond donors (Lipinski definition) is 2. The highest BCUT2D eigenvalue weighted by molar-refractivity contribution is 6.42. The molecule has 1 aromatic rings. The van der Waals surface area contributed by atoms with E-state index in [-0.39, 0.29) is 24.4 Å². The van der Waals surface area contributed by atoms with Crippen LogP contribution in [0.1, 0.15) is 44.2 Å². The third-order valence-electron chi connectivity index (χ3n) is 3.74. The van der Waals surface area contributed by atoms with Crippen LogP contribution >= 0.6 is 35.6 Å². The van der Waals surface area contributed by atoms with Crippen molar-refractivity contribution >= 4 is 41.5 Å². The monoisotopic (exact) mass is 336 g/mol. The van der Waals surface area contributed by atoms with Crippen molar-refractivity contribution in [1.82, 2.24) is 5.32 Å². The molecule has 6 heteroatoms. The minimum atomic E-state index is -0.704. The molecule has 2 rings (SSSR count). The third kappa shape index (κ3) is 3.79. The summed E-state index contributed by atoms with van der Waals surface area (Å²) in [4.78, 5) is 12.2. The Morgan fingerprint density at radius 3 is 2.45 bits per heavy atom. The zero-order valence-electron chi connectivity index (χ0n) is 11.3. The van der Waals surface area contributed by atoms with Gasteiger partial charge in [0, 0.05) is 0 Å². The van der Waals surface area contributed by atoms with Crippen LogP contribution in [0.15, 0.2) is 18.2 Å². The molecule has 0 radical (unpaired) electrons. The average molecular weight is 338 g/mol. The summed E-state index contributed by atoms with van der Waals surface area (Å²) in [6.45, 7) is 1.91. The Kier molecular flexibility index (Phi) is 6.14. The van der Waals surface area contributed by atoms with E-state index in [0.717, 1.165) is 31.2 Å². The molecule has 1 atom stereocenters. The van der Waals surface area contributed by atoms with Gasteiger partial charge in [0.1, 0.15) is 0 Å². The van der Waals surface area contributed by atoms with Crippen molar-refractivity contribution < 1.29 is 4.79 Å². The molecular formula is C14H19Cl3N2O. The first-order valence-electron chi connectivity index (χ1n) is 6.47. The van der Waals surface area contributed by atoms with E-state index in [2.05, 4.69) is 5.32 Å². The number of hydrogen-bond acceptors (Lipinski definition) is 2. The second-order valence-electron chi connectivity index (χ2n) is 5.23. The molecule has 1 amide bonds. The quantitative estimate of drug-likeness (QED) is 0.880. The lowest BCUT2D eigenvalue weighted by Crippen LogP contribution is -2.52. The second-order valence-corrected chi connectivity index (χ2v) is 6.05. The molecule has 1 saturated carbocycles. The van der Waals surface area contributed by atoms with Crippen molar-refractivity contribution in [3.63, 3.8) is 0 Å². The van der Waals surface area contributed by atoms with Gasteiger partial charge in [-0.1, -0.05) is 42.1 Å². The standard InChI is InChI=1S/C14H18Cl2N2O.ClH/c1-9(10-4-5-11(15)12(16)8-10)18-13(19)14(17)6-2-3-7-14;/h4-5,8-9H,2-3,6-7,17H2,1H3,(H,18,19);1H. The van der Waals surface area contributed by atoms with Crippen molar-refractivity contribution in [3.05, 3.63) is 33.8 Å². The molecule has 0 saturated heterocycles. The number of carbonyl (C=O) groups excluding carboxylic acids is 1. The van der Waals surface area contributed by atoms with Crippen molar-refractivity contribution in [1.29, 1.82) is 0 Å². The number of rotatable bonds is 3. The third-order valence-corrected chi connectivity index (χ3v) is 4.48. The first-order valence-corrected chi connectivity index (χ1v) is 7.23. The van der Waals surface area contributed by atoms with Gasteiger partial charge in [0.2, 0.25) is 5.91 Å². The molecular weight excluding hydrogens is 319 g/mol. The molecule has 0 aliphatic heterocycles.